The lowest BCUT2D eigenvalue weighted by Crippen LogP contribution is -2.43. The number of amides is 1. The minimum Gasteiger partial charge on any atom is -0.481 e. The van der Waals surface area contributed by atoms with Crippen molar-refractivity contribution in [2.24, 2.45) is 5.73 Å². The van der Waals surface area contributed by atoms with Crippen molar-refractivity contribution in [2.45, 2.75) is 18.6 Å². The summed E-state index contributed by atoms with van der Waals surface area (Å²) in [5.41, 5.74) is 6.06. The number of hydrogen-bond donors (Lipinski definition) is 4. The van der Waals surface area contributed by atoms with E-state index in [4.69, 9.17) is 10.8 Å². The second-order valence-electron chi connectivity index (χ2n) is 3.52. The van der Waals surface area contributed by atoms with Crippen LogP contribution in [0.2, 0.25) is 0 Å². The Hall–Kier alpha value is -1.44. The molecule has 0 aliphatic carbocycles. The van der Waals surface area contributed by atoms with Gasteiger partial charge in [-0.15, -0.1) is 0 Å². The maximum Gasteiger partial charge on any atom is 0.305 e. The molecule has 0 spiro atoms. The molecular formula is C10H14N2O4S. The number of carbonyl (C=O) groups is 2. The smallest absolute Gasteiger partial charge is 0.305 e. The van der Waals surface area contributed by atoms with Crippen molar-refractivity contribution in [3.8, 4) is 0 Å². The van der Waals surface area contributed by atoms with Crippen molar-refractivity contribution >= 4 is 23.2 Å². The highest BCUT2D eigenvalue weighted by molar-refractivity contribution is 7.07. The molecule has 1 aromatic rings. The molecule has 1 heterocycles. The molecule has 0 saturated carbocycles. The maximum absolute atomic E-state index is 11.3. The van der Waals surface area contributed by atoms with Gasteiger partial charge in [-0.1, -0.05) is 0 Å². The Morgan fingerprint density at radius 3 is 2.76 bits per heavy atom. The number of hydrogen-bond acceptors (Lipinski definition) is 5. The Labute approximate surface area is 102 Å². The average Bonchev–Trinajstić information content (AvgIpc) is 2.77. The summed E-state index contributed by atoms with van der Waals surface area (Å²) in [6.07, 6.45) is -1.23. The van der Waals surface area contributed by atoms with Crippen LogP contribution in [0.1, 0.15) is 18.1 Å². The lowest BCUT2D eigenvalue weighted by atomic mass is 10.2. The van der Waals surface area contributed by atoms with E-state index in [1.54, 1.807) is 11.4 Å². The van der Waals surface area contributed by atoms with Crippen LogP contribution in [0.4, 0.5) is 0 Å². The molecule has 0 aliphatic rings. The molecule has 94 valence electrons. The zero-order valence-electron chi connectivity index (χ0n) is 9.00. The normalized spacial score (nSPS) is 14.0. The Bertz CT molecular complexity index is 380. The molecule has 2 unspecified atom stereocenters. The van der Waals surface area contributed by atoms with Gasteiger partial charge in [0.05, 0.1) is 18.6 Å². The molecule has 1 aromatic heterocycles. The molecular weight excluding hydrogens is 244 g/mol. The molecule has 5 N–H and O–H groups in total. The van der Waals surface area contributed by atoms with E-state index in [-0.39, 0.29) is 6.54 Å². The highest BCUT2D eigenvalue weighted by Crippen LogP contribution is 2.14. The van der Waals surface area contributed by atoms with Gasteiger partial charge in [0.15, 0.2) is 0 Å². The third-order valence-electron chi connectivity index (χ3n) is 2.13. The second-order valence-corrected chi connectivity index (χ2v) is 4.30. The lowest BCUT2D eigenvalue weighted by Gasteiger charge is -2.13. The summed E-state index contributed by atoms with van der Waals surface area (Å²) in [7, 11) is 0. The van der Waals surface area contributed by atoms with Gasteiger partial charge in [-0.2, -0.15) is 11.3 Å². The van der Waals surface area contributed by atoms with E-state index in [1.165, 1.54) is 11.3 Å². The van der Waals surface area contributed by atoms with Crippen LogP contribution in [0, 0.1) is 0 Å². The van der Waals surface area contributed by atoms with E-state index in [1.807, 2.05) is 5.38 Å². The number of aliphatic carboxylic acids is 1. The summed E-state index contributed by atoms with van der Waals surface area (Å²) in [6.45, 7) is 0.0168. The zero-order chi connectivity index (χ0) is 12.8. The highest BCUT2D eigenvalue weighted by atomic mass is 32.1. The number of thiophene rings is 1. The van der Waals surface area contributed by atoms with Crippen molar-refractivity contribution in [1.82, 2.24) is 5.32 Å². The predicted octanol–water partition coefficient (Wildman–Crippen LogP) is -0.300. The minimum absolute atomic E-state index is 0.0168. The van der Waals surface area contributed by atoms with E-state index in [9.17, 15) is 14.7 Å². The molecule has 17 heavy (non-hydrogen) atoms. The average molecular weight is 258 g/mol. The van der Waals surface area contributed by atoms with Crippen LogP contribution in [0.15, 0.2) is 16.8 Å². The molecule has 0 aliphatic heterocycles. The van der Waals surface area contributed by atoms with Crippen molar-refractivity contribution in [2.75, 3.05) is 6.54 Å². The van der Waals surface area contributed by atoms with Gasteiger partial charge in [0.2, 0.25) is 5.91 Å². The van der Waals surface area contributed by atoms with Crippen LogP contribution < -0.4 is 11.1 Å². The number of carboxylic acid groups (broad SMARTS) is 1. The Morgan fingerprint density at radius 1 is 1.53 bits per heavy atom. The van der Waals surface area contributed by atoms with Crippen molar-refractivity contribution in [1.29, 1.82) is 0 Å². The number of nitrogens with one attached hydrogen (secondary N) is 1. The quantitative estimate of drug-likeness (QED) is 0.559. The number of carbonyl (C=O) groups excluding carboxylic acids is 1. The SMILES string of the molecule is NC(CC(=O)O)C(=O)NCC(O)c1ccsc1. The summed E-state index contributed by atoms with van der Waals surface area (Å²) in [4.78, 5) is 21.7. The van der Waals surface area contributed by atoms with Gasteiger partial charge >= 0.3 is 5.97 Å². The van der Waals surface area contributed by atoms with Gasteiger partial charge in [-0.05, 0) is 22.4 Å². The van der Waals surface area contributed by atoms with E-state index in [2.05, 4.69) is 5.32 Å². The molecule has 0 aromatic carbocycles. The van der Waals surface area contributed by atoms with Gasteiger partial charge in [0.25, 0.3) is 0 Å². The summed E-state index contributed by atoms with van der Waals surface area (Å²) >= 11 is 1.44. The Kier molecular flexibility index (Phi) is 5.08. The molecule has 1 rings (SSSR count). The standard InChI is InChI=1S/C10H14N2O4S/c11-7(3-9(14)15)10(16)12-4-8(13)6-1-2-17-5-6/h1-2,5,7-8,13H,3-4,11H2,(H,12,16)(H,14,15). The van der Waals surface area contributed by atoms with Crippen LogP contribution in [-0.2, 0) is 9.59 Å². The summed E-state index contributed by atoms with van der Waals surface area (Å²) in [5, 5.41) is 24.1. The fourth-order valence-corrected chi connectivity index (χ4v) is 1.90. The van der Waals surface area contributed by atoms with Crippen LogP contribution in [0.5, 0.6) is 0 Å². The van der Waals surface area contributed by atoms with Gasteiger partial charge in [0, 0.05) is 6.54 Å². The maximum atomic E-state index is 11.3. The fourth-order valence-electron chi connectivity index (χ4n) is 1.19. The van der Waals surface area contributed by atoms with Gasteiger partial charge < -0.3 is 21.3 Å². The minimum atomic E-state index is -1.13. The van der Waals surface area contributed by atoms with E-state index in [0.29, 0.717) is 5.56 Å². The molecule has 0 fully saturated rings. The molecule has 7 heteroatoms. The molecule has 1 amide bonds. The largest absolute Gasteiger partial charge is 0.481 e. The molecule has 0 bridgehead atoms. The third-order valence-corrected chi connectivity index (χ3v) is 2.83. The number of nitrogens with two attached hydrogens (primary N) is 1. The van der Waals surface area contributed by atoms with E-state index >= 15 is 0 Å². The van der Waals surface area contributed by atoms with Crippen LogP contribution in [0.3, 0.4) is 0 Å². The molecule has 2 atom stereocenters. The van der Waals surface area contributed by atoms with Crippen LogP contribution in [0.25, 0.3) is 0 Å². The van der Waals surface area contributed by atoms with Gasteiger partial charge in [0.1, 0.15) is 0 Å². The number of rotatable bonds is 6. The molecule has 6 nitrogen and oxygen atoms in total. The predicted molar refractivity (Wildman–Crippen MR) is 62.5 cm³/mol. The Morgan fingerprint density at radius 2 is 2.24 bits per heavy atom. The zero-order valence-corrected chi connectivity index (χ0v) is 9.81. The first-order valence-electron chi connectivity index (χ1n) is 4.96. The lowest BCUT2D eigenvalue weighted by molar-refractivity contribution is -0.139. The van der Waals surface area contributed by atoms with Gasteiger partial charge in [-0.3, -0.25) is 9.59 Å². The Balaban J connectivity index is 2.35. The van der Waals surface area contributed by atoms with E-state index in [0.717, 1.165) is 0 Å². The first kappa shape index (κ1) is 13.6. The summed E-state index contributed by atoms with van der Waals surface area (Å²) < 4.78 is 0. The molecule has 0 saturated heterocycles. The highest BCUT2D eigenvalue weighted by Gasteiger charge is 2.18. The number of carboxylic acids is 1. The van der Waals surface area contributed by atoms with Crippen molar-refractivity contribution < 1.29 is 19.8 Å². The third kappa shape index (κ3) is 4.51. The van der Waals surface area contributed by atoms with Crippen LogP contribution in [-0.4, -0.2) is 34.7 Å². The summed E-state index contributed by atoms with van der Waals surface area (Å²) in [6, 6.07) is 0.653. The van der Waals surface area contributed by atoms with Crippen LogP contribution >= 0.6 is 11.3 Å². The second kappa shape index (κ2) is 6.33. The fraction of sp³-hybridized carbons (Fsp3) is 0.400. The van der Waals surface area contributed by atoms with E-state index < -0.39 is 30.4 Å². The van der Waals surface area contributed by atoms with Crippen molar-refractivity contribution in [3.63, 3.8) is 0 Å². The topological polar surface area (TPSA) is 113 Å². The molecule has 0 radical (unpaired) electrons. The summed E-state index contributed by atoms with van der Waals surface area (Å²) in [5.74, 6) is -1.72. The monoisotopic (exact) mass is 258 g/mol. The van der Waals surface area contributed by atoms with Crippen molar-refractivity contribution in [3.05, 3.63) is 22.4 Å². The first-order chi connectivity index (χ1) is 8.00. The van der Waals surface area contributed by atoms with Gasteiger partial charge in [-0.25, -0.2) is 0 Å². The number of aliphatic hydroxyl groups excluding tert-OH is 1. The number of aliphatic hydroxyl groups is 1. The first-order valence-corrected chi connectivity index (χ1v) is 5.90.